The Balaban J connectivity index is 4.94. The molecule has 0 aliphatic rings. The zero-order valence-electron chi connectivity index (χ0n) is 11.8. The third-order valence-electron chi connectivity index (χ3n) is 2.73. The molecule has 20 heavy (non-hydrogen) atoms. The Labute approximate surface area is 116 Å². The maximum atomic E-state index is 13.3. The molecule has 1 atom stereocenters. The molecule has 116 valence electrons. The molecule has 0 aromatic carbocycles. The highest BCUT2D eigenvalue weighted by Gasteiger charge is 2.49. The Hall–Kier alpha value is -1.73. The predicted octanol–water partition coefficient (Wildman–Crippen LogP) is 0.606. The van der Waals surface area contributed by atoms with Crippen molar-refractivity contribution in [2.45, 2.75) is 45.1 Å². The van der Waals surface area contributed by atoms with Crippen molar-refractivity contribution in [3.05, 3.63) is 0 Å². The predicted molar refractivity (Wildman–Crippen MR) is 67.1 cm³/mol. The number of amides is 2. The van der Waals surface area contributed by atoms with E-state index < -0.39 is 23.8 Å². The van der Waals surface area contributed by atoms with Crippen molar-refractivity contribution in [3.63, 3.8) is 0 Å². The van der Waals surface area contributed by atoms with Gasteiger partial charge >= 0.3 is 5.97 Å². The SMILES string of the molecule is CCC(=O)NC(CCCNC(C)=O)(C(=O)OC)C(F)F. The van der Waals surface area contributed by atoms with E-state index in [1.54, 1.807) is 0 Å². The normalized spacial score (nSPS) is 13.5. The molecule has 0 rings (SSSR count). The summed E-state index contributed by atoms with van der Waals surface area (Å²) in [6, 6.07) is 0. The molecule has 6 nitrogen and oxygen atoms in total. The highest BCUT2D eigenvalue weighted by molar-refractivity contribution is 5.88. The van der Waals surface area contributed by atoms with E-state index in [9.17, 15) is 23.2 Å². The van der Waals surface area contributed by atoms with Crippen LogP contribution in [0.4, 0.5) is 8.78 Å². The molecule has 0 radical (unpaired) electrons. The first-order chi connectivity index (χ1) is 9.30. The van der Waals surface area contributed by atoms with Gasteiger partial charge in [0, 0.05) is 19.9 Å². The van der Waals surface area contributed by atoms with Gasteiger partial charge in [0.15, 0.2) is 5.54 Å². The monoisotopic (exact) mass is 294 g/mol. The van der Waals surface area contributed by atoms with Gasteiger partial charge in [-0.25, -0.2) is 13.6 Å². The van der Waals surface area contributed by atoms with Crippen molar-refractivity contribution in [3.8, 4) is 0 Å². The minimum atomic E-state index is -3.11. The fourth-order valence-electron chi connectivity index (χ4n) is 1.62. The van der Waals surface area contributed by atoms with Crippen LogP contribution in [0, 0.1) is 0 Å². The molecule has 0 fully saturated rings. The standard InChI is InChI=1S/C12H20F2N2O4/c1-4-9(18)16-12(10(13)14,11(19)20-3)6-5-7-15-8(2)17/h10H,4-7H2,1-3H3,(H,15,17)(H,16,18). The van der Waals surface area contributed by atoms with E-state index in [-0.39, 0.29) is 31.7 Å². The van der Waals surface area contributed by atoms with Crippen molar-refractivity contribution in [2.24, 2.45) is 0 Å². The summed E-state index contributed by atoms with van der Waals surface area (Å²) >= 11 is 0. The van der Waals surface area contributed by atoms with Crippen LogP contribution in [0.15, 0.2) is 0 Å². The van der Waals surface area contributed by atoms with E-state index in [4.69, 9.17) is 0 Å². The molecule has 0 heterocycles. The lowest BCUT2D eigenvalue weighted by Gasteiger charge is -2.31. The number of carbonyl (C=O) groups is 3. The second-order valence-corrected chi connectivity index (χ2v) is 4.25. The molecule has 0 aromatic rings. The first-order valence-electron chi connectivity index (χ1n) is 6.22. The topological polar surface area (TPSA) is 84.5 Å². The fourth-order valence-corrected chi connectivity index (χ4v) is 1.62. The summed E-state index contributed by atoms with van der Waals surface area (Å²) in [4.78, 5) is 33.7. The molecule has 2 N–H and O–H groups in total. The van der Waals surface area contributed by atoms with Crippen molar-refractivity contribution >= 4 is 17.8 Å². The van der Waals surface area contributed by atoms with Crippen LogP contribution >= 0.6 is 0 Å². The number of ether oxygens (including phenoxy) is 1. The Morgan fingerprint density at radius 3 is 2.30 bits per heavy atom. The van der Waals surface area contributed by atoms with Crippen LogP contribution in [0.5, 0.6) is 0 Å². The van der Waals surface area contributed by atoms with Crippen LogP contribution in [-0.4, -0.2) is 43.4 Å². The molecule has 0 aliphatic heterocycles. The average Bonchev–Trinajstić information content (AvgIpc) is 2.40. The van der Waals surface area contributed by atoms with Gasteiger partial charge in [0.1, 0.15) is 0 Å². The van der Waals surface area contributed by atoms with Crippen molar-refractivity contribution in [1.29, 1.82) is 0 Å². The van der Waals surface area contributed by atoms with Crippen LogP contribution in [0.3, 0.4) is 0 Å². The van der Waals surface area contributed by atoms with Gasteiger partial charge < -0.3 is 15.4 Å². The summed E-state index contributed by atoms with van der Waals surface area (Å²) in [5, 5.41) is 4.47. The summed E-state index contributed by atoms with van der Waals surface area (Å²) in [6.45, 7) is 2.91. The number of methoxy groups -OCH3 is 1. The fraction of sp³-hybridized carbons (Fsp3) is 0.750. The summed E-state index contributed by atoms with van der Waals surface area (Å²) in [5.74, 6) is -2.17. The molecule has 0 saturated heterocycles. The molecule has 1 unspecified atom stereocenters. The Morgan fingerprint density at radius 1 is 1.30 bits per heavy atom. The number of hydrogen-bond acceptors (Lipinski definition) is 4. The summed E-state index contributed by atoms with van der Waals surface area (Å²) in [7, 11) is 0.978. The maximum Gasteiger partial charge on any atom is 0.337 e. The molecule has 0 bridgehead atoms. The molecule has 2 amide bonds. The highest BCUT2D eigenvalue weighted by atomic mass is 19.3. The number of carbonyl (C=O) groups excluding carboxylic acids is 3. The van der Waals surface area contributed by atoms with Crippen molar-refractivity contribution in [1.82, 2.24) is 10.6 Å². The summed E-state index contributed by atoms with van der Waals surface area (Å²) < 4.78 is 30.9. The van der Waals surface area contributed by atoms with E-state index in [2.05, 4.69) is 10.1 Å². The van der Waals surface area contributed by atoms with Crippen LogP contribution in [0.1, 0.15) is 33.1 Å². The van der Waals surface area contributed by atoms with E-state index in [1.807, 2.05) is 5.32 Å². The maximum absolute atomic E-state index is 13.3. The molecule has 0 saturated carbocycles. The van der Waals surface area contributed by atoms with Crippen LogP contribution in [0.25, 0.3) is 0 Å². The Morgan fingerprint density at radius 2 is 1.90 bits per heavy atom. The van der Waals surface area contributed by atoms with Crippen molar-refractivity contribution < 1.29 is 27.9 Å². The molecule has 0 aliphatic carbocycles. The Bertz CT molecular complexity index is 363. The molecular weight excluding hydrogens is 274 g/mol. The first-order valence-corrected chi connectivity index (χ1v) is 6.22. The third-order valence-corrected chi connectivity index (χ3v) is 2.73. The lowest BCUT2D eigenvalue weighted by Crippen LogP contribution is -2.60. The number of rotatable bonds is 8. The number of nitrogens with one attached hydrogen (secondary N) is 2. The molecule has 0 aromatic heterocycles. The summed E-state index contributed by atoms with van der Waals surface area (Å²) in [6.07, 6.45) is -3.37. The van der Waals surface area contributed by atoms with E-state index in [0.29, 0.717) is 0 Å². The summed E-state index contributed by atoms with van der Waals surface area (Å²) in [5.41, 5.74) is -2.37. The minimum Gasteiger partial charge on any atom is -0.467 e. The lowest BCUT2D eigenvalue weighted by atomic mass is 9.93. The van der Waals surface area contributed by atoms with Gasteiger partial charge in [-0.05, 0) is 12.8 Å². The highest BCUT2D eigenvalue weighted by Crippen LogP contribution is 2.24. The van der Waals surface area contributed by atoms with E-state index in [1.165, 1.54) is 13.8 Å². The quantitative estimate of drug-likeness (QED) is 0.507. The molecular formula is C12H20F2N2O4. The van der Waals surface area contributed by atoms with Gasteiger partial charge in [0.05, 0.1) is 7.11 Å². The second kappa shape index (κ2) is 8.44. The first kappa shape index (κ1) is 18.3. The number of hydrogen-bond donors (Lipinski definition) is 2. The Kier molecular flexibility index (Phi) is 7.71. The van der Waals surface area contributed by atoms with E-state index in [0.717, 1.165) is 7.11 Å². The lowest BCUT2D eigenvalue weighted by molar-refractivity contribution is -0.159. The van der Waals surface area contributed by atoms with Gasteiger partial charge in [-0.2, -0.15) is 0 Å². The van der Waals surface area contributed by atoms with Gasteiger partial charge in [-0.1, -0.05) is 6.92 Å². The smallest absolute Gasteiger partial charge is 0.337 e. The van der Waals surface area contributed by atoms with E-state index >= 15 is 0 Å². The van der Waals surface area contributed by atoms with Crippen LogP contribution in [0.2, 0.25) is 0 Å². The van der Waals surface area contributed by atoms with Gasteiger partial charge in [0.2, 0.25) is 11.8 Å². The second-order valence-electron chi connectivity index (χ2n) is 4.25. The molecule has 8 heteroatoms. The van der Waals surface area contributed by atoms with Gasteiger partial charge in [0.25, 0.3) is 6.43 Å². The number of esters is 1. The van der Waals surface area contributed by atoms with Crippen LogP contribution in [-0.2, 0) is 19.1 Å². The zero-order chi connectivity index (χ0) is 15.8. The zero-order valence-corrected chi connectivity index (χ0v) is 11.8. The average molecular weight is 294 g/mol. The largest absolute Gasteiger partial charge is 0.467 e. The van der Waals surface area contributed by atoms with Crippen LogP contribution < -0.4 is 10.6 Å². The third kappa shape index (κ3) is 5.10. The molecule has 0 spiro atoms. The van der Waals surface area contributed by atoms with Gasteiger partial charge in [-0.3, -0.25) is 9.59 Å². The minimum absolute atomic E-state index is 0.0306. The number of halogens is 2. The van der Waals surface area contributed by atoms with Gasteiger partial charge in [-0.15, -0.1) is 0 Å². The number of alkyl halides is 2. The van der Waals surface area contributed by atoms with Crippen molar-refractivity contribution in [2.75, 3.05) is 13.7 Å².